The van der Waals surface area contributed by atoms with Crippen molar-refractivity contribution in [1.82, 2.24) is 25.7 Å². The SMILES string of the molecule is O=C(NCCc1nc2c(s1)CCC2)c1cn[nH]n1. The van der Waals surface area contributed by atoms with E-state index in [2.05, 4.69) is 25.7 Å². The molecule has 1 amide bonds. The summed E-state index contributed by atoms with van der Waals surface area (Å²) in [5.74, 6) is -0.201. The highest BCUT2D eigenvalue weighted by Crippen LogP contribution is 2.27. The number of carbonyl (C=O) groups excluding carboxylic acids is 1. The van der Waals surface area contributed by atoms with E-state index in [1.807, 2.05) is 0 Å². The number of amides is 1. The van der Waals surface area contributed by atoms with Gasteiger partial charge in [0.2, 0.25) is 0 Å². The molecule has 1 aliphatic rings. The lowest BCUT2D eigenvalue weighted by molar-refractivity contribution is 0.0949. The van der Waals surface area contributed by atoms with Crippen molar-refractivity contribution < 1.29 is 4.79 Å². The highest BCUT2D eigenvalue weighted by molar-refractivity contribution is 7.11. The number of carbonyl (C=O) groups is 1. The third-order valence-corrected chi connectivity index (χ3v) is 4.13. The lowest BCUT2D eigenvalue weighted by atomic mass is 10.3. The molecular weight excluding hydrogens is 250 g/mol. The monoisotopic (exact) mass is 263 g/mol. The summed E-state index contributed by atoms with van der Waals surface area (Å²) < 4.78 is 0. The van der Waals surface area contributed by atoms with Crippen LogP contribution in [0, 0.1) is 0 Å². The Morgan fingerprint density at radius 1 is 1.50 bits per heavy atom. The van der Waals surface area contributed by atoms with E-state index in [1.165, 1.54) is 23.2 Å². The van der Waals surface area contributed by atoms with Crippen LogP contribution in [0.25, 0.3) is 0 Å². The van der Waals surface area contributed by atoms with Gasteiger partial charge in [0.25, 0.3) is 5.91 Å². The quantitative estimate of drug-likeness (QED) is 0.851. The lowest BCUT2D eigenvalue weighted by Crippen LogP contribution is -2.26. The van der Waals surface area contributed by atoms with Crippen LogP contribution < -0.4 is 5.32 Å². The molecule has 2 heterocycles. The number of rotatable bonds is 4. The predicted octanol–water partition coefficient (Wildman–Crippen LogP) is 0.722. The smallest absolute Gasteiger partial charge is 0.273 e. The number of nitrogens with zero attached hydrogens (tertiary/aromatic N) is 3. The van der Waals surface area contributed by atoms with Gasteiger partial charge in [0.05, 0.1) is 16.9 Å². The minimum absolute atomic E-state index is 0.201. The van der Waals surface area contributed by atoms with Crippen molar-refractivity contribution in [3.05, 3.63) is 27.5 Å². The summed E-state index contributed by atoms with van der Waals surface area (Å²) in [6, 6.07) is 0. The van der Waals surface area contributed by atoms with Gasteiger partial charge in [-0.05, 0) is 19.3 Å². The first-order valence-electron chi connectivity index (χ1n) is 5.94. The van der Waals surface area contributed by atoms with Crippen LogP contribution in [0.5, 0.6) is 0 Å². The molecule has 0 saturated carbocycles. The highest BCUT2D eigenvalue weighted by Gasteiger charge is 2.16. The first-order chi connectivity index (χ1) is 8.83. The Bertz CT molecular complexity index is 526. The second kappa shape index (κ2) is 4.85. The van der Waals surface area contributed by atoms with Crippen molar-refractivity contribution in [3.63, 3.8) is 0 Å². The largest absolute Gasteiger partial charge is 0.350 e. The minimum Gasteiger partial charge on any atom is -0.350 e. The van der Waals surface area contributed by atoms with Crippen molar-refractivity contribution in [3.8, 4) is 0 Å². The Labute approximate surface area is 108 Å². The summed E-state index contributed by atoms with van der Waals surface area (Å²) in [5, 5.41) is 13.6. The van der Waals surface area contributed by atoms with Gasteiger partial charge in [-0.3, -0.25) is 4.79 Å². The molecule has 0 aliphatic heterocycles. The zero-order chi connectivity index (χ0) is 12.4. The number of hydrogen-bond acceptors (Lipinski definition) is 5. The van der Waals surface area contributed by atoms with E-state index < -0.39 is 0 Å². The zero-order valence-corrected chi connectivity index (χ0v) is 10.6. The number of thiazole rings is 1. The normalized spacial score (nSPS) is 13.6. The summed E-state index contributed by atoms with van der Waals surface area (Å²) in [7, 11) is 0. The molecule has 0 saturated heterocycles. The summed E-state index contributed by atoms with van der Waals surface area (Å²) >= 11 is 1.77. The van der Waals surface area contributed by atoms with Crippen molar-refractivity contribution in [2.45, 2.75) is 25.7 Å². The van der Waals surface area contributed by atoms with E-state index in [-0.39, 0.29) is 5.91 Å². The first-order valence-corrected chi connectivity index (χ1v) is 6.76. The number of aromatic amines is 1. The van der Waals surface area contributed by atoms with Gasteiger partial charge in [-0.25, -0.2) is 4.98 Å². The Balaban J connectivity index is 1.51. The third kappa shape index (κ3) is 2.26. The van der Waals surface area contributed by atoms with E-state index in [0.29, 0.717) is 12.2 Å². The molecule has 18 heavy (non-hydrogen) atoms. The fourth-order valence-corrected chi connectivity index (χ4v) is 3.19. The van der Waals surface area contributed by atoms with Gasteiger partial charge in [-0.2, -0.15) is 15.4 Å². The van der Waals surface area contributed by atoms with Gasteiger partial charge in [0, 0.05) is 17.8 Å². The number of nitrogens with one attached hydrogen (secondary N) is 2. The molecule has 2 N–H and O–H groups in total. The zero-order valence-electron chi connectivity index (χ0n) is 9.77. The number of fused-ring (bicyclic) bond motifs is 1. The molecule has 0 bridgehead atoms. The first kappa shape index (κ1) is 11.3. The molecule has 7 heteroatoms. The van der Waals surface area contributed by atoms with Gasteiger partial charge in [0.15, 0.2) is 5.69 Å². The van der Waals surface area contributed by atoms with Gasteiger partial charge < -0.3 is 5.32 Å². The van der Waals surface area contributed by atoms with E-state index >= 15 is 0 Å². The number of aryl methyl sites for hydroxylation is 2. The van der Waals surface area contributed by atoms with Crippen molar-refractivity contribution in [1.29, 1.82) is 0 Å². The van der Waals surface area contributed by atoms with Gasteiger partial charge in [-0.1, -0.05) is 0 Å². The van der Waals surface area contributed by atoms with Crippen LogP contribution in [0.15, 0.2) is 6.20 Å². The van der Waals surface area contributed by atoms with Crippen LogP contribution in [0.1, 0.15) is 32.5 Å². The molecule has 0 unspecified atom stereocenters. The van der Waals surface area contributed by atoms with E-state index in [9.17, 15) is 4.79 Å². The Hall–Kier alpha value is -1.76. The average Bonchev–Trinajstić information content (AvgIpc) is 3.05. The van der Waals surface area contributed by atoms with E-state index in [1.54, 1.807) is 11.3 Å². The standard InChI is InChI=1S/C11H13N5OS/c17-11(8-6-13-16-15-8)12-5-4-10-14-7-2-1-3-9(7)18-10/h6H,1-5H2,(H,12,17)(H,13,15,16). The number of H-pyrrole nitrogens is 1. The third-order valence-electron chi connectivity index (χ3n) is 2.91. The Morgan fingerprint density at radius 2 is 2.44 bits per heavy atom. The molecule has 0 spiro atoms. The number of hydrogen-bond donors (Lipinski definition) is 2. The van der Waals surface area contributed by atoms with Crippen molar-refractivity contribution >= 4 is 17.2 Å². The maximum Gasteiger partial charge on any atom is 0.273 e. The second-order valence-corrected chi connectivity index (χ2v) is 5.36. The molecule has 0 aromatic carbocycles. The second-order valence-electron chi connectivity index (χ2n) is 4.19. The molecule has 2 aromatic rings. The lowest BCUT2D eigenvalue weighted by Gasteiger charge is -2.00. The molecule has 2 aromatic heterocycles. The summed E-state index contributed by atoms with van der Waals surface area (Å²) in [4.78, 5) is 17.6. The van der Waals surface area contributed by atoms with Gasteiger partial charge >= 0.3 is 0 Å². The van der Waals surface area contributed by atoms with Crippen molar-refractivity contribution in [2.24, 2.45) is 0 Å². The fourth-order valence-electron chi connectivity index (χ4n) is 2.04. The maximum absolute atomic E-state index is 11.6. The summed E-state index contributed by atoms with van der Waals surface area (Å²) in [6.07, 6.45) is 5.70. The molecule has 6 nitrogen and oxygen atoms in total. The predicted molar refractivity (Wildman–Crippen MR) is 66.6 cm³/mol. The van der Waals surface area contributed by atoms with Crippen LogP contribution >= 0.6 is 11.3 Å². The molecular formula is C11H13N5OS. The molecule has 94 valence electrons. The van der Waals surface area contributed by atoms with Crippen molar-refractivity contribution in [2.75, 3.05) is 6.54 Å². The fraction of sp³-hybridized carbons (Fsp3) is 0.455. The van der Waals surface area contributed by atoms with Crippen LogP contribution in [0.2, 0.25) is 0 Å². The van der Waals surface area contributed by atoms with E-state index in [4.69, 9.17) is 0 Å². The molecule has 0 fully saturated rings. The summed E-state index contributed by atoms with van der Waals surface area (Å²) in [6.45, 7) is 0.581. The molecule has 3 rings (SSSR count). The average molecular weight is 263 g/mol. The Morgan fingerprint density at radius 3 is 3.22 bits per heavy atom. The van der Waals surface area contributed by atoms with Crippen LogP contribution in [0.4, 0.5) is 0 Å². The van der Waals surface area contributed by atoms with Crippen LogP contribution in [0.3, 0.4) is 0 Å². The van der Waals surface area contributed by atoms with Gasteiger partial charge in [-0.15, -0.1) is 11.3 Å². The minimum atomic E-state index is -0.201. The Kier molecular flexibility index (Phi) is 3.06. The summed E-state index contributed by atoms with van der Waals surface area (Å²) in [5.41, 5.74) is 1.58. The van der Waals surface area contributed by atoms with Crippen LogP contribution in [-0.4, -0.2) is 32.8 Å². The molecule has 1 aliphatic carbocycles. The number of aromatic nitrogens is 4. The molecule has 0 atom stereocenters. The van der Waals surface area contributed by atoms with E-state index in [0.717, 1.165) is 24.3 Å². The maximum atomic E-state index is 11.6. The van der Waals surface area contributed by atoms with Gasteiger partial charge in [0.1, 0.15) is 0 Å². The van der Waals surface area contributed by atoms with Crippen LogP contribution in [-0.2, 0) is 19.3 Å². The highest BCUT2D eigenvalue weighted by atomic mass is 32.1. The molecule has 0 radical (unpaired) electrons. The topological polar surface area (TPSA) is 83.6 Å².